The predicted molar refractivity (Wildman–Crippen MR) is 141 cm³/mol. The lowest BCUT2D eigenvalue weighted by Crippen LogP contribution is -2.38. The highest BCUT2D eigenvalue weighted by atomic mass is 16.5. The first kappa shape index (κ1) is 25.5. The summed E-state index contributed by atoms with van der Waals surface area (Å²) in [5, 5.41) is 9.06. The average Bonchev–Trinajstić information content (AvgIpc) is 3.16. The van der Waals surface area contributed by atoms with E-state index >= 15 is 0 Å². The fourth-order valence-electron chi connectivity index (χ4n) is 4.88. The van der Waals surface area contributed by atoms with Crippen LogP contribution in [0.1, 0.15) is 43.7 Å². The minimum absolute atomic E-state index is 0.211. The molecule has 10 nitrogen and oxygen atoms in total. The van der Waals surface area contributed by atoms with Gasteiger partial charge in [-0.3, -0.25) is 9.47 Å². The van der Waals surface area contributed by atoms with Crippen molar-refractivity contribution >= 4 is 22.7 Å². The molecule has 1 aliphatic rings. The Labute approximate surface area is 211 Å². The van der Waals surface area contributed by atoms with Gasteiger partial charge in [-0.15, -0.1) is 0 Å². The third-order valence-corrected chi connectivity index (χ3v) is 6.71. The summed E-state index contributed by atoms with van der Waals surface area (Å²) in [5.74, 6) is 0.528. The lowest BCUT2D eigenvalue weighted by atomic mass is 9.97. The highest BCUT2D eigenvalue weighted by molar-refractivity contribution is 5.81. The molecule has 2 aromatic heterocycles. The maximum atomic E-state index is 12.8. The molecule has 0 aliphatic carbocycles. The molecule has 0 saturated carbocycles. The minimum atomic E-state index is -0.225. The van der Waals surface area contributed by atoms with E-state index in [-0.39, 0.29) is 17.5 Å². The average molecular weight is 493 g/mol. The number of hydrogen-bond donors (Lipinski definition) is 2. The molecule has 3 aromatic rings. The second-order valence-corrected chi connectivity index (χ2v) is 9.77. The summed E-state index contributed by atoms with van der Waals surface area (Å²) in [5.41, 5.74) is 10.2. The third-order valence-electron chi connectivity index (χ3n) is 6.71. The molecule has 1 unspecified atom stereocenters. The molecule has 3 heterocycles. The summed E-state index contributed by atoms with van der Waals surface area (Å²) in [4.78, 5) is 28.9. The molecule has 10 heteroatoms. The van der Waals surface area contributed by atoms with E-state index in [2.05, 4.69) is 49.9 Å². The topological polar surface area (TPSA) is 129 Å². The zero-order chi connectivity index (χ0) is 25.7. The molecule has 192 valence electrons. The first-order chi connectivity index (χ1) is 17.4. The van der Waals surface area contributed by atoms with Crippen LogP contribution in [0.2, 0.25) is 0 Å². The van der Waals surface area contributed by atoms with Crippen LogP contribution in [0.3, 0.4) is 0 Å². The van der Waals surface area contributed by atoms with Crippen molar-refractivity contribution in [3.8, 4) is 12.1 Å². The van der Waals surface area contributed by atoms with Gasteiger partial charge in [-0.25, -0.2) is 4.79 Å². The molecular formula is C26H36N8O2. The minimum Gasteiger partial charge on any atom is -0.463 e. The standard InChI is InChI=1S/C26H36N8O2/c1-4-5-13-36-25-30-23(28)22-24(31-25)34(26(35)29-22)16-19-7-6-12-33(15-19)17-20-9-8-18(10-11-27)14-21(20)32(2)3/h8-9,14,19H,4-7,10,12-13,15-17H2,1-3H3,(H,29,35)(H2,28,30,31). The number of benzene rings is 1. The number of nitrogens with two attached hydrogens (primary N) is 1. The van der Waals surface area contributed by atoms with Gasteiger partial charge in [-0.1, -0.05) is 25.5 Å². The lowest BCUT2D eigenvalue weighted by molar-refractivity contribution is 0.156. The Morgan fingerprint density at radius 1 is 1.33 bits per heavy atom. The van der Waals surface area contributed by atoms with Crippen molar-refractivity contribution in [1.29, 1.82) is 5.26 Å². The predicted octanol–water partition coefficient (Wildman–Crippen LogP) is 2.92. The number of fused-ring (bicyclic) bond motifs is 1. The van der Waals surface area contributed by atoms with Crippen molar-refractivity contribution in [2.24, 2.45) is 5.92 Å². The number of imidazole rings is 1. The maximum Gasteiger partial charge on any atom is 0.327 e. The second kappa shape index (κ2) is 11.4. The molecule has 0 amide bonds. The Morgan fingerprint density at radius 2 is 2.17 bits per heavy atom. The number of piperidine rings is 1. The highest BCUT2D eigenvalue weighted by Crippen LogP contribution is 2.27. The molecule has 1 aromatic carbocycles. The smallest absolute Gasteiger partial charge is 0.327 e. The summed E-state index contributed by atoms with van der Waals surface area (Å²) in [7, 11) is 4.07. The van der Waals surface area contributed by atoms with Crippen LogP contribution in [0.5, 0.6) is 6.01 Å². The number of nitriles is 1. The fourth-order valence-corrected chi connectivity index (χ4v) is 4.88. The van der Waals surface area contributed by atoms with Gasteiger partial charge in [0.1, 0.15) is 5.52 Å². The van der Waals surface area contributed by atoms with E-state index in [1.54, 1.807) is 4.57 Å². The van der Waals surface area contributed by atoms with E-state index in [0.717, 1.165) is 56.6 Å². The largest absolute Gasteiger partial charge is 0.463 e. The van der Waals surface area contributed by atoms with Gasteiger partial charge in [0.25, 0.3) is 0 Å². The normalized spacial score (nSPS) is 16.2. The van der Waals surface area contributed by atoms with E-state index < -0.39 is 0 Å². The van der Waals surface area contributed by atoms with Gasteiger partial charge in [0, 0.05) is 39.4 Å². The van der Waals surface area contributed by atoms with Crippen molar-refractivity contribution in [1.82, 2.24) is 24.4 Å². The Bertz CT molecular complexity index is 1290. The van der Waals surface area contributed by atoms with Crippen LogP contribution in [0.15, 0.2) is 23.0 Å². The van der Waals surface area contributed by atoms with Crippen LogP contribution in [0.25, 0.3) is 11.2 Å². The molecule has 1 aliphatic heterocycles. The summed E-state index contributed by atoms with van der Waals surface area (Å²) in [6.07, 6.45) is 4.41. The van der Waals surface area contributed by atoms with Crippen LogP contribution < -0.4 is 21.1 Å². The van der Waals surface area contributed by atoms with Crippen molar-refractivity contribution in [2.45, 2.75) is 52.1 Å². The van der Waals surface area contributed by atoms with Gasteiger partial charge in [0.2, 0.25) is 0 Å². The first-order valence-corrected chi connectivity index (χ1v) is 12.7. The number of aromatic nitrogens is 4. The summed E-state index contributed by atoms with van der Waals surface area (Å²) >= 11 is 0. The number of nitrogens with zero attached hydrogens (tertiary/aromatic N) is 6. The molecule has 0 radical (unpaired) electrons. The highest BCUT2D eigenvalue weighted by Gasteiger charge is 2.24. The van der Waals surface area contributed by atoms with E-state index in [1.807, 2.05) is 20.2 Å². The summed E-state index contributed by atoms with van der Waals surface area (Å²) in [6, 6.07) is 8.73. The maximum absolute atomic E-state index is 12.8. The van der Waals surface area contributed by atoms with Gasteiger partial charge < -0.3 is 20.4 Å². The van der Waals surface area contributed by atoms with E-state index in [0.29, 0.717) is 36.7 Å². The Morgan fingerprint density at radius 3 is 2.92 bits per heavy atom. The van der Waals surface area contributed by atoms with Crippen molar-refractivity contribution in [3.63, 3.8) is 0 Å². The number of likely N-dealkylation sites (tertiary alicyclic amines) is 1. The number of hydrogen-bond acceptors (Lipinski definition) is 8. The SMILES string of the molecule is CCCCOc1nc(N)c2[nH]c(=O)n(CC3CCCN(Cc4ccc(CC#N)cc4N(C)C)C3)c2n1. The number of unbranched alkanes of at least 4 members (excludes halogenated alkanes) is 1. The number of anilines is 2. The van der Waals surface area contributed by atoms with Crippen molar-refractivity contribution in [3.05, 3.63) is 39.8 Å². The molecule has 3 N–H and O–H groups in total. The number of nitrogens with one attached hydrogen (secondary N) is 1. The molecule has 0 bridgehead atoms. The van der Waals surface area contributed by atoms with Crippen LogP contribution in [0.4, 0.5) is 11.5 Å². The molecule has 1 fully saturated rings. The van der Waals surface area contributed by atoms with Crippen LogP contribution in [0, 0.1) is 17.2 Å². The Balaban J connectivity index is 1.50. The van der Waals surface area contributed by atoms with Crippen LogP contribution in [-0.4, -0.2) is 58.2 Å². The molecule has 0 spiro atoms. The van der Waals surface area contributed by atoms with E-state index in [1.165, 1.54) is 5.56 Å². The molecular weight excluding hydrogens is 456 g/mol. The van der Waals surface area contributed by atoms with E-state index in [4.69, 9.17) is 15.7 Å². The zero-order valence-corrected chi connectivity index (χ0v) is 21.5. The van der Waals surface area contributed by atoms with Gasteiger partial charge in [0.05, 0.1) is 19.1 Å². The Hall–Kier alpha value is -3.58. The van der Waals surface area contributed by atoms with Crippen molar-refractivity contribution < 1.29 is 4.74 Å². The second-order valence-electron chi connectivity index (χ2n) is 9.77. The molecule has 36 heavy (non-hydrogen) atoms. The van der Waals surface area contributed by atoms with Crippen LogP contribution >= 0.6 is 0 Å². The Kier molecular flexibility index (Phi) is 8.10. The first-order valence-electron chi connectivity index (χ1n) is 12.7. The number of rotatable bonds is 10. The van der Waals surface area contributed by atoms with Gasteiger partial charge in [-0.2, -0.15) is 15.2 Å². The summed E-state index contributed by atoms with van der Waals surface area (Å²) in [6.45, 7) is 5.87. The molecule has 1 atom stereocenters. The molecule has 1 saturated heterocycles. The van der Waals surface area contributed by atoms with Gasteiger partial charge in [-0.05, 0) is 48.9 Å². The number of nitrogen functional groups attached to an aromatic ring is 1. The number of ether oxygens (including phenoxy) is 1. The quantitative estimate of drug-likeness (QED) is 0.413. The molecule has 4 rings (SSSR count). The van der Waals surface area contributed by atoms with E-state index in [9.17, 15) is 4.79 Å². The zero-order valence-electron chi connectivity index (χ0n) is 21.5. The van der Waals surface area contributed by atoms with Gasteiger partial charge >= 0.3 is 11.7 Å². The lowest BCUT2D eigenvalue weighted by Gasteiger charge is -2.33. The summed E-state index contributed by atoms with van der Waals surface area (Å²) < 4.78 is 7.34. The van der Waals surface area contributed by atoms with Gasteiger partial charge in [0.15, 0.2) is 11.5 Å². The van der Waals surface area contributed by atoms with Crippen LogP contribution in [-0.2, 0) is 19.5 Å². The monoisotopic (exact) mass is 492 g/mol. The third kappa shape index (κ3) is 5.79. The fraction of sp³-hybridized carbons (Fsp3) is 0.538. The number of H-pyrrole nitrogens is 1. The van der Waals surface area contributed by atoms with Crippen molar-refractivity contribution in [2.75, 3.05) is 44.4 Å². The number of aromatic amines is 1.